The van der Waals surface area contributed by atoms with E-state index in [1.165, 1.54) is 4.88 Å². The van der Waals surface area contributed by atoms with Gasteiger partial charge < -0.3 is 15.4 Å². The maximum Gasteiger partial charge on any atom is 0.121 e. The normalized spacial score (nSPS) is 10.4. The van der Waals surface area contributed by atoms with Crippen molar-refractivity contribution in [2.45, 2.75) is 19.9 Å². The Kier molecular flexibility index (Phi) is 6.41. The zero-order chi connectivity index (χ0) is 14.0. The van der Waals surface area contributed by atoms with Gasteiger partial charge in [-0.15, -0.1) is 11.3 Å². The van der Waals surface area contributed by atoms with Crippen LogP contribution in [-0.2, 0) is 6.54 Å². The SMILES string of the molecule is CCCOc1cccc(NCCNCc2cccs2)c1. The molecule has 0 atom stereocenters. The van der Waals surface area contributed by atoms with Gasteiger partial charge in [0, 0.05) is 36.3 Å². The summed E-state index contributed by atoms with van der Waals surface area (Å²) in [5.74, 6) is 0.934. The van der Waals surface area contributed by atoms with Gasteiger partial charge in [-0.1, -0.05) is 19.1 Å². The molecule has 2 aromatic rings. The molecule has 1 aromatic carbocycles. The van der Waals surface area contributed by atoms with Crippen molar-refractivity contribution in [3.63, 3.8) is 0 Å². The number of nitrogens with one attached hydrogen (secondary N) is 2. The highest BCUT2D eigenvalue weighted by atomic mass is 32.1. The average Bonchev–Trinajstić information content (AvgIpc) is 2.98. The topological polar surface area (TPSA) is 33.3 Å². The molecule has 0 saturated heterocycles. The molecule has 108 valence electrons. The summed E-state index contributed by atoms with van der Waals surface area (Å²) in [6.07, 6.45) is 1.03. The van der Waals surface area contributed by atoms with Crippen molar-refractivity contribution in [2.75, 3.05) is 25.0 Å². The molecule has 1 aromatic heterocycles. The van der Waals surface area contributed by atoms with Crippen LogP contribution < -0.4 is 15.4 Å². The van der Waals surface area contributed by atoms with Crippen LogP contribution in [0.2, 0.25) is 0 Å². The zero-order valence-electron chi connectivity index (χ0n) is 11.9. The van der Waals surface area contributed by atoms with Gasteiger partial charge in [-0.05, 0) is 30.0 Å². The molecule has 0 fully saturated rings. The van der Waals surface area contributed by atoms with Crippen LogP contribution >= 0.6 is 11.3 Å². The lowest BCUT2D eigenvalue weighted by Gasteiger charge is -2.09. The van der Waals surface area contributed by atoms with E-state index in [4.69, 9.17) is 4.74 Å². The van der Waals surface area contributed by atoms with Crippen molar-refractivity contribution in [1.29, 1.82) is 0 Å². The number of hydrogen-bond acceptors (Lipinski definition) is 4. The number of thiophene rings is 1. The second kappa shape index (κ2) is 8.61. The van der Waals surface area contributed by atoms with Gasteiger partial charge in [-0.2, -0.15) is 0 Å². The maximum atomic E-state index is 5.62. The Hall–Kier alpha value is -1.52. The van der Waals surface area contributed by atoms with E-state index in [0.29, 0.717) is 0 Å². The molecule has 0 unspecified atom stereocenters. The van der Waals surface area contributed by atoms with Crippen molar-refractivity contribution < 1.29 is 4.74 Å². The van der Waals surface area contributed by atoms with E-state index in [0.717, 1.165) is 44.1 Å². The summed E-state index contributed by atoms with van der Waals surface area (Å²) in [5.41, 5.74) is 1.11. The molecule has 20 heavy (non-hydrogen) atoms. The Morgan fingerprint density at radius 2 is 2.10 bits per heavy atom. The van der Waals surface area contributed by atoms with Crippen molar-refractivity contribution in [2.24, 2.45) is 0 Å². The third-order valence-corrected chi connectivity index (χ3v) is 3.69. The Morgan fingerprint density at radius 3 is 2.90 bits per heavy atom. The Bertz CT molecular complexity index is 485. The first-order valence-electron chi connectivity index (χ1n) is 7.08. The van der Waals surface area contributed by atoms with Crippen molar-refractivity contribution in [3.8, 4) is 5.75 Å². The second-order valence-electron chi connectivity index (χ2n) is 4.56. The molecule has 0 spiro atoms. The van der Waals surface area contributed by atoms with Gasteiger partial charge in [0.1, 0.15) is 5.75 Å². The number of benzene rings is 1. The molecule has 0 aliphatic rings. The summed E-state index contributed by atoms with van der Waals surface area (Å²) in [6, 6.07) is 12.4. The fourth-order valence-electron chi connectivity index (χ4n) is 1.84. The van der Waals surface area contributed by atoms with Crippen LogP contribution in [0.15, 0.2) is 41.8 Å². The minimum Gasteiger partial charge on any atom is -0.494 e. The smallest absolute Gasteiger partial charge is 0.121 e. The van der Waals surface area contributed by atoms with E-state index in [1.807, 2.05) is 12.1 Å². The Labute approximate surface area is 125 Å². The predicted molar refractivity (Wildman–Crippen MR) is 86.7 cm³/mol. The molecule has 2 N–H and O–H groups in total. The van der Waals surface area contributed by atoms with Crippen LogP contribution in [0.5, 0.6) is 5.75 Å². The first-order chi connectivity index (χ1) is 9.88. The highest BCUT2D eigenvalue weighted by Gasteiger charge is 1.97. The molecule has 2 rings (SSSR count). The molecule has 0 amide bonds. The van der Waals surface area contributed by atoms with Crippen molar-refractivity contribution in [3.05, 3.63) is 46.7 Å². The lowest BCUT2D eigenvalue weighted by atomic mass is 10.3. The van der Waals surface area contributed by atoms with E-state index in [9.17, 15) is 0 Å². The molecular formula is C16H22N2OS. The van der Waals surface area contributed by atoms with Gasteiger partial charge in [0.05, 0.1) is 6.61 Å². The van der Waals surface area contributed by atoms with Gasteiger partial charge in [-0.25, -0.2) is 0 Å². The van der Waals surface area contributed by atoms with Gasteiger partial charge in [0.15, 0.2) is 0 Å². The lowest BCUT2D eigenvalue weighted by Crippen LogP contribution is -2.21. The largest absolute Gasteiger partial charge is 0.494 e. The van der Waals surface area contributed by atoms with Gasteiger partial charge in [0.25, 0.3) is 0 Å². The Balaban J connectivity index is 1.65. The van der Waals surface area contributed by atoms with Crippen molar-refractivity contribution >= 4 is 17.0 Å². The zero-order valence-corrected chi connectivity index (χ0v) is 12.7. The minimum absolute atomic E-state index is 0.770. The molecule has 0 aliphatic heterocycles. The highest BCUT2D eigenvalue weighted by Crippen LogP contribution is 2.17. The van der Waals surface area contributed by atoms with E-state index < -0.39 is 0 Å². The predicted octanol–water partition coefficient (Wildman–Crippen LogP) is 3.74. The van der Waals surface area contributed by atoms with E-state index >= 15 is 0 Å². The summed E-state index contributed by atoms with van der Waals surface area (Å²) < 4.78 is 5.62. The van der Waals surface area contributed by atoms with Crippen LogP contribution in [0.25, 0.3) is 0 Å². The third-order valence-electron chi connectivity index (χ3n) is 2.82. The number of hydrogen-bond donors (Lipinski definition) is 2. The van der Waals surface area contributed by atoms with E-state index in [2.05, 4.69) is 47.2 Å². The maximum absolute atomic E-state index is 5.62. The van der Waals surface area contributed by atoms with Crippen LogP contribution in [-0.4, -0.2) is 19.7 Å². The van der Waals surface area contributed by atoms with Gasteiger partial charge >= 0.3 is 0 Å². The first kappa shape index (κ1) is 14.9. The first-order valence-corrected chi connectivity index (χ1v) is 7.96. The molecule has 0 bridgehead atoms. The quantitative estimate of drug-likeness (QED) is 0.690. The molecule has 0 aliphatic carbocycles. The number of rotatable bonds is 9. The molecule has 0 saturated carbocycles. The average molecular weight is 290 g/mol. The fraction of sp³-hybridized carbons (Fsp3) is 0.375. The monoisotopic (exact) mass is 290 g/mol. The van der Waals surface area contributed by atoms with E-state index in [1.54, 1.807) is 11.3 Å². The summed E-state index contributed by atoms with van der Waals surface area (Å²) in [5, 5.41) is 8.93. The minimum atomic E-state index is 0.770. The lowest BCUT2D eigenvalue weighted by molar-refractivity contribution is 0.317. The van der Waals surface area contributed by atoms with Gasteiger partial charge in [-0.3, -0.25) is 0 Å². The summed E-state index contributed by atoms with van der Waals surface area (Å²) in [7, 11) is 0. The Morgan fingerprint density at radius 1 is 1.15 bits per heavy atom. The van der Waals surface area contributed by atoms with Crippen LogP contribution in [0, 0.1) is 0 Å². The van der Waals surface area contributed by atoms with Crippen LogP contribution in [0.3, 0.4) is 0 Å². The summed E-state index contributed by atoms with van der Waals surface area (Å²) in [4.78, 5) is 1.37. The van der Waals surface area contributed by atoms with Crippen LogP contribution in [0.4, 0.5) is 5.69 Å². The molecule has 3 nitrogen and oxygen atoms in total. The summed E-state index contributed by atoms with van der Waals surface area (Å²) >= 11 is 1.79. The fourth-order valence-corrected chi connectivity index (χ4v) is 2.51. The number of anilines is 1. The second-order valence-corrected chi connectivity index (χ2v) is 5.59. The van der Waals surface area contributed by atoms with Crippen molar-refractivity contribution in [1.82, 2.24) is 5.32 Å². The number of ether oxygens (including phenoxy) is 1. The van der Waals surface area contributed by atoms with Gasteiger partial charge in [0.2, 0.25) is 0 Å². The third kappa shape index (κ3) is 5.23. The molecular weight excluding hydrogens is 268 g/mol. The molecule has 1 heterocycles. The molecule has 0 radical (unpaired) electrons. The summed E-state index contributed by atoms with van der Waals surface area (Å²) in [6.45, 7) is 5.67. The standard InChI is InChI=1S/C16H22N2OS/c1-2-10-19-15-6-3-5-14(12-15)18-9-8-17-13-16-7-4-11-20-16/h3-7,11-12,17-18H,2,8-10,13H2,1H3. The molecule has 4 heteroatoms. The van der Waals surface area contributed by atoms with Crippen LogP contribution in [0.1, 0.15) is 18.2 Å². The van der Waals surface area contributed by atoms with E-state index in [-0.39, 0.29) is 0 Å². The highest BCUT2D eigenvalue weighted by molar-refractivity contribution is 7.09.